The second kappa shape index (κ2) is 9.53. The fourth-order valence-electron chi connectivity index (χ4n) is 2.85. The summed E-state index contributed by atoms with van der Waals surface area (Å²) in [4.78, 5) is 26.1. The normalized spacial score (nSPS) is 16.6. The summed E-state index contributed by atoms with van der Waals surface area (Å²) >= 11 is 3.35. The molecule has 1 heterocycles. The third-order valence-electron chi connectivity index (χ3n) is 4.28. The highest BCUT2D eigenvalue weighted by Gasteiger charge is 2.25. The van der Waals surface area contributed by atoms with Gasteiger partial charge in [0.25, 0.3) is 0 Å². The molecule has 27 heavy (non-hydrogen) atoms. The number of hydrogen-bond acceptors (Lipinski definition) is 3. The highest BCUT2D eigenvalue weighted by molar-refractivity contribution is 9.10. The Morgan fingerprint density at radius 2 is 1.85 bits per heavy atom. The van der Waals surface area contributed by atoms with Crippen LogP contribution in [0.1, 0.15) is 18.1 Å². The number of urea groups is 1. The van der Waals surface area contributed by atoms with Crippen LogP contribution in [0.4, 0.5) is 10.5 Å². The van der Waals surface area contributed by atoms with Crippen molar-refractivity contribution in [3.8, 4) is 0 Å². The van der Waals surface area contributed by atoms with E-state index >= 15 is 0 Å². The first-order valence-corrected chi connectivity index (χ1v) is 9.66. The smallest absolute Gasteiger partial charge is 0.317 e. The third kappa shape index (κ3) is 5.80. The molecule has 7 heteroatoms. The first-order chi connectivity index (χ1) is 13.1. The molecule has 1 aliphatic rings. The minimum atomic E-state index is -0.171. The molecule has 0 aliphatic carbocycles. The number of carbonyl (C=O) groups is 2. The Kier molecular flexibility index (Phi) is 6.84. The predicted octanol–water partition coefficient (Wildman–Crippen LogP) is 3.56. The number of ether oxygens (including phenoxy) is 1. The Labute approximate surface area is 167 Å². The van der Waals surface area contributed by atoms with Crippen LogP contribution >= 0.6 is 15.9 Å². The molecule has 0 unspecified atom stereocenters. The number of benzene rings is 2. The second-order valence-electron chi connectivity index (χ2n) is 6.25. The lowest BCUT2D eigenvalue weighted by Gasteiger charge is -2.33. The van der Waals surface area contributed by atoms with Gasteiger partial charge in [0, 0.05) is 29.7 Å². The molecular formula is C20H22BrN3O3. The van der Waals surface area contributed by atoms with Gasteiger partial charge in [-0.3, -0.25) is 4.79 Å². The topological polar surface area (TPSA) is 70.7 Å². The number of halogens is 1. The van der Waals surface area contributed by atoms with Gasteiger partial charge in [0.05, 0.1) is 13.2 Å². The van der Waals surface area contributed by atoms with Crippen molar-refractivity contribution in [1.82, 2.24) is 10.2 Å². The maximum atomic E-state index is 12.4. The standard InChI is InChI=1S/C20H22BrN3O3/c21-16-6-8-17(9-7-16)23-19(25)10-11-22-20(26)24-12-13-27-18(14-24)15-4-2-1-3-5-15/h1-9,18H,10-14H2,(H,22,26)(H,23,25)/t18-/m0/s1. The van der Waals surface area contributed by atoms with Crippen LogP contribution in [0.3, 0.4) is 0 Å². The molecule has 0 saturated carbocycles. The summed E-state index contributed by atoms with van der Waals surface area (Å²) < 4.78 is 6.72. The van der Waals surface area contributed by atoms with Gasteiger partial charge >= 0.3 is 6.03 Å². The monoisotopic (exact) mass is 431 g/mol. The molecule has 2 aromatic rings. The third-order valence-corrected chi connectivity index (χ3v) is 4.81. The van der Waals surface area contributed by atoms with Crippen molar-refractivity contribution >= 4 is 33.6 Å². The molecule has 0 radical (unpaired) electrons. The van der Waals surface area contributed by atoms with Crippen molar-refractivity contribution in [2.45, 2.75) is 12.5 Å². The minimum Gasteiger partial charge on any atom is -0.370 e. The molecule has 0 aromatic heterocycles. The van der Waals surface area contributed by atoms with Gasteiger partial charge in [0.1, 0.15) is 6.10 Å². The zero-order chi connectivity index (χ0) is 19.1. The first kappa shape index (κ1) is 19.4. The molecule has 2 N–H and O–H groups in total. The maximum absolute atomic E-state index is 12.4. The number of nitrogens with zero attached hydrogens (tertiary/aromatic N) is 1. The summed E-state index contributed by atoms with van der Waals surface area (Å²) in [6, 6.07) is 17.1. The van der Waals surface area contributed by atoms with Crippen molar-refractivity contribution in [1.29, 1.82) is 0 Å². The van der Waals surface area contributed by atoms with Gasteiger partial charge in [-0.05, 0) is 29.8 Å². The summed E-state index contributed by atoms with van der Waals surface area (Å²) in [6.45, 7) is 1.83. The highest BCUT2D eigenvalue weighted by atomic mass is 79.9. The summed E-state index contributed by atoms with van der Waals surface area (Å²) in [7, 11) is 0. The Morgan fingerprint density at radius 3 is 2.59 bits per heavy atom. The van der Waals surface area contributed by atoms with E-state index in [0.29, 0.717) is 19.7 Å². The van der Waals surface area contributed by atoms with Crippen LogP contribution in [-0.4, -0.2) is 43.1 Å². The largest absolute Gasteiger partial charge is 0.370 e. The van der Waals surface area contributed by atoms with E-state index in [0.717, 1.165) is 15.7 Å². The number of nitrogens with one attached hydrogen (secondary N) is 2. The Hall–Kier alpha value is -2.38. The number of carbonyl (C=O) groups excluding carboxylic acids is 2. The molecule has 0 bridgehead atoms. The molecule has 3 rings (SSSR count). The fourth-order valence-corrected chi connectivity index (χ4v) is 3.12. The number of morpholine rings is 1. The lowest BCUT2D eigenvalue weighted by molar-refractivity contribution is -0.116. The van der Waals surface area contributed by atoms with Crippen LogP contribution in [0, 0.1) is 0 Å². The van der Waals surface area contributed by atoms with Crippen LogP contribution in [0.5, 0.6) is 0 Å². The highest BCUT2D eigenvalue weighted by Crippen LogP contribution is 2.21. The number of anilines is 1. The van der Waals surface area contributed by atoms with E-state index in [9.17, 15) is 9.59 Å². The van der Waals surface area contributed by atoms with E-state index in [-0.39, 0.29) is 31.0 Å². The van der Waals surface area contributed by atoms with Gasteiger partial charge in [-0.1, -0.05) is 46.3 Å². The molecule has 1 atom stereocenters. The molecule has 2 aromatic carbocycles. The Balaban J connectivity index is 1.42. The van der Waals surface area contributed by atoms with Gasteiger partial charge in [-0.2, -0.15) is 0 Å². The SMILES string of the molecule is O=C(CCNC(=O)N1CCO[C@H](c2ccccc2)C1)Nc1ccc(Br)cc1. The summed E-state index contributed by atoms with van der Waals surface area (Å²) in [5, 5.41) is 5.62. The van der Waals surface area contributed by atoms with Crippen LogP contribution in [0.25, 0.3) is 0 Å². The molecule has 1 saturated heterocycles. The summed E-state index contributed by atoms with van der Waals surface area (Å²) in [5.74, 6) is -0.137. The van der Waals surface area contributed by atoms with E-state index in [4.69, 9.17) is 4.74 Å². The van der Waals surface area contributed by atoms with Gasteiger partial charge in [0.2, 0.25) is 5.91 Å². The predicted molar refractivity (Wildman–Crippen MR) is 107 cm³/mol. The molecule has 1 aliphatic heterocycles. The van der Waals surface area contributed by atoms with Gasteiger partial charge in [-0.15, -0.1) is 0 Å². The zero-order valence-corrected chi connectivity index (χ0v) is 16.4. The summed E-state index contributed by atoms with van der Waals surface area (Å²) in [6.07, 6.45) is 0.0975. The lowest BCUT2D eigenvalue weighted by Crippen LogP contribution is -2.47. The van der Waals surface area contributed by atoms with E-state index in [1.807, 2.05) is 54.6 Å². The van der Waals surface area contributed by atoms with E-state index in [1.165, 1.54) is 0 Å². The molecule has 142 valence electrons. The van der Waals surface area contributed by atoms with Gasteiger partial charge in [0.15, 0.2) is 0 Å². The van der Waals surface area contributed by atoms with Crippen LogP contribution in [0.15, 0.2) is 59.1 Å². The average Bonchev–Trinajstić information content (AvgIpc) is 2.70. The van der Waals surface area contributed by atoms with Crippen molar-refractivity contribution in [2.24, 2.45) is 0 Å². The average molecular weight is 432 g/mol. The Morgan fingerprint density at radius 1 is 1.11 bits per heavy atom. The maximum Gasteiger partial charge on any atom is 0.317 e. The lowest BCUT2D eigenvalue weighted by atomic mass is 10.1. The quantitative estimate of drug-likeness (QED) is 0.759. The van der Waals surface area contributed by atoms with E-state index in [2.05, 4.69) is 26.6 Å². The van der Waals surface area contributed by atoms with Crippen molar-refractivity contribution < 1.29 is 14.3 Å². The van der Waals surface area contributed by atoms with E-state index in [1.54, 1.807) is 4.90 Å². The number of rotatable bonds is 5. The molecular weight excluding hydrogens is 410 g/mol. The van der Waals surface area contributed by atoms with Crippen LogP contribution in [0.2, 0.25) is 0 Å². The van der Waals surface area contributed by atoms with Crippen molar-refractivity contribution in [3.05, 3.63) is 64.6 Å². The molecule has 3 amide bonds. The minimum absolute atomic E-state index is 0.119. The fraction of sp³-hybridized carbons (Fsp3) is 0.300. The van der Waals surface area contributed by atoms with Crippen molar-refractivity contribution in [2.75, 3.05) is 31.6 Å². The zero-order valence-electron chi connectivity index (χ0n) is 14.9. The Bertz CT molecular complexity index is 768. The molecule has 1 fully saturated rings. The van der Waals surface area contributed by atoms with Crippen molar-refractivity contribution in [3.63, 3.8) is 0 Å². The second-order valence-corrected chi connectivity index (χ2v) is 7.17. The first-order valence-electron chi connectivity index (χ1n) is 8.86. The van der Waals surface area contributed by atoms with Gasteiger partial charge < -0.3 is 20.3 Å². The van der Waals surface area contributed by atoms with Crippen LogP contribution in [-0.2, 0) is 9.53 Å². The number of amides is 3. The van der Waals surface area contributed by atoms with Crippen LogP contribution < -0.4 is 10.6 Å². The van der Waals surface area contributed by atoms with E-state index < -0.39 is 0 Å². The molecule has 0 spiro atoms. The number of hydrogen-bond donors (Lipinski definition) is 2. The molecule has 6 nitrogen and oxygen atoms in total. The summed E-state index contributed by atoms with van der Waals surface area (Å²) in [5.41, 5.74) is 1.79. The van der Waals surface area contributed by atoms with Gasteiger partial charge in [-0.25, -0.2) is 4.79 Å².